The molecule has 0 aromatic heterocycles. The summed E-state index contributed by atoms with van der Waals surface area (Å²) in [5.74, 6) is 0.431. The van der Waals surface area contributed by atoms with Crippen molar-refractivity contribution < 1.29 is 13.2 Å². The van der Waals surface area contributed by atoms with E-state index in [4.69, 9.17) is 10.00 Å². The van der Waals surface area contributed by atoms with Crippen molar-refractivity contribution in [1.82, 2.24) is 0 Å². The van der Waals surface area contributed by atoms with Crippen molar-refractivity contribution in [3.63, 3.8) is 0 Å². The molecule has 0 saturated carbocycles. The molecule has 0 atom stereocenters. The third kappa shape index (κ3) is 3.40. The molecule has 0 unspecified atom stereocenters. The third-order valence-electron chi connectivity index (χ3n) is 2.99. The Kier molecular flexibility index (Phi) is 4.74. The van der Waals surface area contributed by atoms with E-state index < -0.39 is 10.0 Å². The van der Waals surface area contributed by atoms with E-state index >= 15 is 0 Å². The van der Waals surface area contributed by atoms with Crippen LogP contribution in [0.25, 0.3) is 0 Å². The number of benzene rings is 2. The summed E-state index contributed by atoms with van der Waals surface area (Å²) in [6.45, 7) is 1.87. The van der Waals surface area contributed by atoms with Gasteiger partial charge in [-0.25, -0.2) is 8.42 Å². The van der Waals surface area contributed by atoms with Gasteiger partial charge in [-0.3, -0.25) is 4.72 Å². The van der Waals surface area contributed by atoms with Gasteiger partial charge in [0.15, 0.2) is 0 Å². The lowest BCUT2D eigenvalue weighted by molar-refractivity contribution is 0.412. The number of nitriles is 1. The van der Waals surface area contributed by atoms with Gasteiger partial charge in [0, 0.05) is 6.07 Å². The molecule has 0 amide bonds. The van der Waals surface area contributed by atoms with Crippen molar-refractivity contribution in [2.45, 2.75) is 11.8 Å². The monoisotopic (exact) mass is 380 g/mol. The Morgan fingerprint density at radius 2 is 1.86 bits per heavy atom. The Morgan fingerprint density at radius 1 is 1.23 bits per heavy atom. The van der Waals surface area contributed by atoms with Crippen LogP contribution in [0.15, 0.2) is 45.8 Å². The molecule has 2 aromatic rings. The van der Waals surface area contributed by atoms with Crippen molar-refractivity contribution in [3.8, 4) is 11.8 Å². The second-order valence-corrected chi connectivity index (χ2v) is 7.10. The van der Waals surface area contributed by atoms with Gasteiger partial charge in [-0.1, -0.05) is 17.7 Å². The van der Waals surface area contributed by atoms with E-state index in [9.17, 15) is 8.42 Å². The minimum absolute atomic E-state index is 0.129. The Labute approximate surface area is 137 Å². The molecule has 0 fully saturated rings. The number of ether oxygens (including phenoxy) is 1. The van der Waals surface area contributed by atoms with E-state index in [0.29, 0.717) is 10.2 Å². The van der Waals surface area contributed by atoms with Crippen LogP contribution in [-0.2, 0) is 10.0 Å². The molecule has 0 aliphatic rings. The maximum atomic E-state index is 12.4. The van der Waals surface area contributed by atoms with E-state index in [1.807, 2.05) is 13.0 Å². The lowest BCUT2D eigenvalue weighted by atomic mass is 10.2. The van der Waals surface area contributed by atoms with Crippen LogP contribution >= 0.6 is 15.9 Å². The van der Waals surface area contributed by atoms with Gasteiger partial charge in [0.05, 0.1) is 27.7 Å². The molecule has 7 heteroatoms. The topological polar surface area (TPSA) is 79.2 Å². The molecule has 0 saturated heterocycles. The van der Waals surface area contributed by atoms with Crippen LogP contribution in [0.2, 0.25) is 0 Å². The highest BCUT2D eigenvalue weighted by atomic mass is 79.9. The number of anilines is 1. The van der Waals surface area contributed by atoms with Gasteiger partial charge < -0.3 is 4.74 Å². The summed E-state index contributed by atoms with van der Waals surface area (Å²) in [6, 6.07) is 11.4. The molecule has 22 heavy (non-hydrogen) atoms. The second kappa shape index (κ2) is 6.38. The maximum absolute atomic E-state index is 12.4. The molecular formula is C15H13BrN2O3S. The van der Waals surface area contributed by atoms with E-state index in [0.717, 1.165) is 5.56 Å². The van der Waals surface area contributed by atoms with Crippen molar-refractivity contribution in [2.75, 3.05) is 11.8 Å². The number of nitrogens with zero attached hydrogens (tertiary/aromatic N) is 1. The molecule has 114 valence electrons. The Hall–Kier alpha value is -2.04. The molecule has 2 aromatic carbocycles. The maximum Gasteiger partial charge on any atom is 0.261 e. The highest BCUT2D eigenvalue weighted by Gasteiger charge is 2.17. The summed E-state index contributed by atoms with van der Waals surface area (Å²) in [4.78, 5) is 0.129. The minimum atomic E-state index is -3.77. The summed E-state index contributed by atoms with van der Waals surface area (Å²) in [5.41, 5.74) is 1.33. The zero-order valence-corrected chi connectivity index (χ0v) is 14.3. The van der Waals surface area contributed by atoms with Crippen molar-refractivity contribution in [1.29, 1.82) is 5.26 Å². The molecular weight excluding hydrogens is 368 g/mol. The summed E-state index contributed by atoms with van der Waals surface area (Å²) < 4.78 is 32.9. The molecule has 5 nitrogen and oxygen atoms in total. The Balaban J connectivity index is 2.45. The lowest BCUT2D eigenvalue weighted by Gasteiger charge is -2.12. The molecule has 0 spiro atoms. The van der Waals surface area contributed by atoms with E-state index in [1.165, 1.54) is 31.4 Å². The number of halogens is 1. The van der Waals surface area contributed by atoms with Crippen LogP contribution in [0.5, 0.6) is 5.75 Å². The van der Waals surface area contributed by atoms with Crippen LogP contribution < -0.4 is 9.46 Å². The van der Waals surface area contributed by atoms with Crippen LogP contribution in [0.1, 0.15) is 11.1 Å². The Morgan fingerprint density at radius 3 is 2.41 bits per heavy atom. The molecule has 0 aliphatic heterocycles. The van der Waals surface area contributed by atoms with Gasteiger partial charge >= 0.3 is 0 Å². The number of hydrogen-bond acceptors (Lipinski definition) is 4. The van der Waals surface area contributed by atoms with Gasteiger partial charge in [0.2, 0.25) is 0 Å². The summed E-state index contributed by atoms with van der Waals surface area (Å²) in [6.07, 6.45) is 0. The van der Waals surface area contributed by atoms with Crippen molar-refractivity contribution in [3.05, 3.63) is 52.0 Å². The fourth-order valence-corrected chi connectivity index (χ4v) is 3.38. The molecule has 0 radical (unpaired) electrons. The van der Waals surface area contributed by atoms with Crippen LogP contribution in [0, 0.1) is 18.3 Å². The van der Waals surface area contributed by atoms with Gasteiger partial charge in [-0.05, 0) is 41.1 Å². The smallest absolute Gasteiger partial charge is 0.261 e. The fraction of sp³-hybridized carbons (Fsp3) is 0.133. The molecule has 0 aliphatic carbocycles. The summed E-state index contributed by atoms with van der Waals surface area (Å²) in [5, 5.41) is 9.16. The number of hydrogen-bond donors (Lipinski definition) is 1. The van der Waals surface area contributed by atoms with Gasteiger partial charge in [0.25, 0.3) is 10.0 Å². The first-order chi connectivity index (χ1) is 10.4. The Bertz CT molecular complexity index is 840. The normalized spacial score (nSPS) is 10.8. The second-order valence-electron chi connectivity index (χ2n) is 4.56. The SMILES string of the molecule is COc1cc(NS(=O)(=O)c2ccc(C)cc2)c(C#N)cc1Br. The van der Waals surface area contributed by atoms with Crippen LogP contribution in [0.4, 0.5) is 5.69 Å². The molecule has 0 heterocycles. The first kappa shape index (κ1) is 16.3. The third-order valence-corrected chi connectivity index (χ3v) is 4.99. The summed E-state index contributed by atoms with van der Waals surface area (Å²) in [7, 11) is -2.31. The first-order valence-corrected chi connectivity index (χ1v) is 8.52. The number of nitrogens with one attached hydrogen (secondary N) is 1. The van der Waals surface area contributed by atoms with E-state index in [2.05, 4.69) is 20.7 Å². The quantitative estimate of drug-likeness (QED) is 0.880. The fourth-order valence-electron chi connectivity index (χ4n) is 1.81. The average Bonchev–Trinajstić information content (AvgIpc) is 2.48. The predicted octanol–water partition coefficient (Wildman–Crippen LogP) is 3.44. The number of methoxy groups -OCH3 is 1. The number of sulfonamides is 1. The molecule has 0 bridgehead atoms. The minimum Gasteiger partial charge on any atom is -0.495 e. The van der Waals surface area contributed by atoms with Gasteiger partial charge in [-0.2, -0.15) is 5.26 Å². The summed E-state index contributed by atoms with van der Waals surface area (Å²) >= 11 is 3.26. The predicted molar refractivity (Wildman–Crippen MR) is 87.4 cm³/mol. The standard InChI is InChI=1S/C15H13BrN2O3S/c1-10-3-5-12(6-4-10)22(19,20)18-14-8-15(21-2)13(16)7-11(14)9-17/h3-8,18H,1-2H3. The van der Waals surface area contributed by atoms with E-state index in [1.54, 1.807) is 12.1 Å². The van der Waals surface area contributed by atoms with Gasteiger partial charge in [-0.15, -0.1) is 0 Å². The lowest BCUT2D eigenvalue weighted by Crippen LogP contribution is -2.14. The first-order valence-electron chi connectivity index (χ1n) is 6.24. The number of rotatable bonds is 4. The zero-order valence-electron chi connectivity index (χ0n) is 11.9. The van der Waals surface area contributed by atoms with Crippen molar-refractivity contribution in [2.24, 2.45) is 0 Å². The van der Waals surface area contributed by atoms with E-state index in [-0.39, 0.29) is 16.1 Å². The van der Waals surface area contributed by atoms with Gasteiger partial charge in [0.1, 0.15) is 11.8 Å². The highest BCUT2D eigenvalue weighted by molar-refractivity contribution is 9.10. The van der Waals surface area contributed by atoms with Crippen molar-refractivity contribution >= 4 is 31.6 Å². The number of aryl methyl sites for hydroxylation is 1. The molecule has 2 rings (SSSR count). The zero-order chi connectivity index (χ0) is 16.3. The average molecular weight is 381 g/mol. The molecule has 1 N–H and O–H groups in total. The van der Waals surface area contributed by atoms with Crippen LogP contribution in [-0.4, -0.2) is 15.5 Å². The van der Waals surface area contributed by atoms with Crippen LogP contribution in [0.3, 0.4) is 0 Å². The highest BCUT2D eigenvalue weighted by Crippen LogP contribution is 2.32. The largest absolute Gasteiger partial charge is 0.495 e.